The minimum absolute atomic E-state index is 0.123. The molecule has 2 fully saturated rings. The van der Waals surface area contributed by atoms with Crippen LogP contribution in [0.5, 0.6) is 0 Å². The van der Waals surface area contributed by atoms with Crippen LogP contribution in [0.3, 0.4) is 0 Å². The Morgan fingerprint density at radius 3 is 2.26 bits per heavy atom. The Hall–Kier alpha value is -3.01. The summed E-state index contributed by atoms with van der Waals surface area (Å²) in [7, 11) is 1.97. The second kappa shape index (κ2) is 10.3. The molecule has 9 heteroatoms. The minimum Gasteiger partial charge on any atom is -0.395 e. The molecular weight excluding hydrogens is 444 g/mol. The predicted molar refractivity (Wildman–Crippen MR) is 138 cm³/mol. The largest absolute Gasteiger partial charge is 0.395 e. The number of aromatic nitrogens is 3. The van der Waals surface area contributed by atoms with Crippen LogP contribution in [0, 0.1) is 0 Å². The van der Waals surface area contributed by atoms with Gasteiger partial charge in [0, 0.05) is 37.9 Å². The molecular formula is C26H34N6O3. The Morgan fingerprint density at radius 2 is 1.60 bits per heavy atom. The van der Waals surface area contributed by atoms with E-state index in [2.05, 4.69) is 54.0 Å². The van der Waals surface area contributed by atoms with Crippen LogP contribution in [-0.4, -0.2) is 91.9 Å². The maximum Gasteiger partial charge on any atom is 0.229 e. The Bertz CT molecular complexity index is 1160. The molecule has 0 amide bonds. The van der Waals surface area contributed by atoms with Gasteiger partial charge in [-0.15, -0.1) is 0 Å². The summed E-state index contributed by atoms with van der Waals surface area (Å²) in [5, 5.41) is 10.2. The Kier molecular flexibility index (Phi) is 6.99. The number of likely N-dealkylation sites (N-methyl/N-ethyl adjacent to an activating group) is 1. The molecule has 1 aromatic carbocycles. The number of rotatable bonds is 6. The third kappa shape index (κ3) is 4.89. The van der Waals surface area contributed by atoms with Crippen LogP contribution in [0.4, 0.5) is 17.5 Å². The molecule has 0 aliphatic carbocycles. The number of anilines is 3. The van der Waals surface area contributed by atoms with Crippen LogP contribution in [0.25, 0.3) is 22.3 Å². The molecule has 5 rings (SSSR count). The van der Waals surface area contributed by atoms with Gasteiger partial charge in [-0.3, -0.25) is 0 Å². The third-order valence-corrected chi connectivity index (χ3v) is 6.83. The first kappa shape index (κ1) is 23.7. The molecule has 35 heavy (non-hydrogen) atoms. The van der Waals surface area contributed by atoms with Crippen molar-refractivity contribution in [2.45, 2.75) is 25.9 Å². The summed E-state index contributed by atoms with van der Waals surface area (Å²) in [5.74, 6) is 1.62. The number of morpholine rings is 2. The highest BCUT2D eigenvalue weighted by Gasteiger charge is 2.27. The van der Waals surface area contributed by atoms with Crippen LogP contribution in [0.15, 0.2) is 36.4 Å². The highest BCUT2D eigenvalue weighted by Crippen LogP contribution is 2.31. The SMILES string of the molecule is C[C@H]1COCCN1c1nc(N2CCOC[C@@H]2C)c2ccc(-c3ccc(N(C)CCO)cc3)nc2n1. The summed E-state index contributed by atoms with van der Waals surface area (Å²) < 4.78 is 11.3. The molecule has 3 aromatic rings. The summed E-state index contributed by atoms with van der Waals surface area (Å²) in [6.07, 6.45) is 0. The van der Waals surface area contributed by atoms with E-state index >= 15 is 0 Å². The van der Waals surface area contributed by atoms with Gasteiger partial charge in [0.05, 0.1) is 56.2 Å². The van der Waals surface area contributed by atoms with Crippen LogP contribution in [-0.2, 0) is 9.47 Å². The van der Waals surface area contributed by atoms with E-state index in [0.717, 1.165) is 41.2 Å². The summed E-state index contributed by atoms with van der Waals surface area (Å²) in [4.78, 5) is 21.6. The van der Waals surface area contributed by atoms with Gasteiger partial charge >= 0.3 is 0 Å². The molecule has 0 unspecified atom stereocenters. The number of benzene rings is 1. The first-order valence-corrected chi connectivity index (χ1v) is 12.3. The van der Waals surface area contributed by atoms with Crippen molar-refractivity contribution in [3.05, 3.63) is 36.4 Å². The summed E-state index contributed by atoms with van der Waals surface area (Å²) in [6.45, 7) is 9.26. The molecule has 1 N–H and O–H groups in total. The van der Waals surface area contributed by atoms with Crippen molar-refractivity contribution < 1.29 is 14.6 Å². The molecule has 186 valence electrons. The lowest BCUT2D eigenvalue weighted by Gasteiger charge is -2.37. The Morgan fingerprint density at radius 1 is 0.914 bits per heavy atom. The standard InChI is InChI=1S/C26H34N6O3/c1-18-16-34-14-11-31(18)25-22-8-9-23(20-4-6-21(7-5-20)30(3)10-13-33)27-24(22)28-26(29-25)32-12-15-35-17-19(32)2/h4-9,18-19,33H,10-17H2,1-3H3/t18-,19-/m0/s1. The van der Waals surface area contributed by atoms with Crippen LogP contribution >= 0.6 is 0 Å². The van der Waals surface area contributed by atoms with Gasteiger partial charge in [0.25, 0.3) is 0 Å². The number of hydrogen-bond donors (Lipinski definition) is 1. The van der Waals surface area contributed by atoms with Gasteiger partial charge in [0.15, 0.2) is 5.65 Å². The fraction of sp³-hybridized carbons (Fsp3) is 0.500. The van der Waals surface area contributed by atoms with Crippen LogP contribution in [0.1, 0.15) is 13.8 Å². The van der Waals surface area contributed by atoms with Crippen LogP contribution < -0.4 is 14.7 Å². The van der Waals surface area contributed by atoms with Crippen molar-refractivity contribution in [3.63, 3.8) is 0 Å². The van der Waals surface area contributed by atoms with Gasteiger partial charge in [-0.25, -0.2) is 4.98 Å². The zero-order chi connectivity index (χ0) is 24.4. The van der Waals surface area contributed by atoms with Gasteiger partial charge in [-0.1, -0.05) is 12.1 Å². The van der Waals surface area contributed by atoms with E-state index < -0.39 is 0 Å². The van der Waals surface area contributed by atoms with E-state index in [0.29, 0.717) is 44.6 Å². The third-order valence-electron chi connectivity index (χ3n) is 6.83. The number of pyridine rings is 1. The van der Waals surface area contributed by atoms with Crippen molar-refractivity contribution in [1.29, 1.82) is 0 Å². The topological polar surface area (TPSA) is 87.1 Å². The smallest absolute Gasteiger partial charge is 0.229 e. The van der Waals surface area contributed by atoms with Crippen molar-refractivity contribution in [3.8, 4) is 11.3 Å². The number of aliphatic hydroxyl groups is 1. The lowest BCUT2D eigenvalue weighted by Crippen LogP contribution is -2.46. The summed E-state index contributed by atoms with van der Waals surface area (Å²) >= 11 is 0. The number of nitrogens with zero attached hydrogens (tertiary/aromatic N) is 6. The van der Waals surface area contributed by atoms with Gasteiger partial charge in [0.1, 0.15) is 5.82 Å². The maximum atomic E-state index is 9.21. The summed E-state index contributed by atoms with van der Waals surface area (Å²) in [6, 6.07) is 12.8. The number of hydrogen-bond acceptors (Lipinski definition) is 9. The lowest BCUT2D eigenvalue weighted by molar-refractivity contribution is 0.0973. The first-order chi connectivity index (χ1) is 17.0. The second-order valence-electron chi connectivity index (χ2n) is 9.34. The monoisotopic (exact) mass is 478 g/mol. The molecule has 2 atom stereocenters. The Balaban J connectivity index is 1.56. The average molecular weight is 479 g/mol. The molecule has 0 spiro atoms. The van der Waals surface area contributed by atoms with Crippen molar-refractivity contribution in [1.82, 2.24) is 15.0 Å². The second-order valence-corrected chi connectivity index (χ2v) is 9.34. The van der Waals surface area contributed by atoms with E-state index in [4.69, 9.17) is 24.4 Å². The first-order valence-electron chi connectivity index (χ1n) is 12.3. The molecule has 2 aliphatic rings. The van der Waals surface area contributed by atoms with Crippen LogP contribution in [0.2, 0.25) is 0 Å². The molecule has 0 bridgehead atoms. The fourth-order valence-electron chi connectivity index (χ4n) is 4.72. The average Bonchev–Trinajstić information content (AvgIpc) is 2.88. The predicted octanol–water partition coefficient (Wildman–Crippen LogP) is 2.57. The number of fused-ring (bicyclic) bond motifs is 1. The summed E-state index contributed by atoms with van der Waals surface area (Å²) in [5.41, 5.74) is 3.64. The molecule has 0 radical (unpaired) electrons. The normalized spacial score (nSPS) is 20.9. The molecule has 2 aromatic heterocycles. The number of aliphatic hydroxyl groups excluding tert-OH is 1. The fourth-order valence-corrected chi connectivity index (χ4v) is 4.72. The highest BCUT2D eigenvalue weighted by molar-refractivity contribution is 5.90. The van der Waals surface area contributed by atoms with Gasteiger partial charge in [0.2, 0.25) is 5.95 Å². The molecule has 2 saturated heterocycles. The maximum absolute atomic E-state index is 9.21. The zero-order valence-electron chi connectivity index (χ0n) is 20.7. The van der Waals surface area contributed by atoms with Crippen molar-refractivity contribution >= 4 is 28.5 Å². The highest BCUT2D eigenvalue weighted by atomic mass is 16.5. The van der Waals surface area contributed by atoms with Gasteiger partial charge in [-0.2, -0.15) is 9.97 Å². The van der Waals surface area contributed by atoms with E-state index in [-0.39, 0.29) is 18.7 Å². The van der Waals surface area contributed by atoms with E-state index in [1.807, 2.05) is 18.0 Å². The molecule has 2 aliphatic heterocycles. The van der Waals surface area contributed by atoms with Crippen molar-refractivity contribution in [2.24, 2.45) is 0 Å². The Labute approximate surface area is 206 Å². The van der Waals surface area contributed by atoms with Gasteiger partial charge in [-0.05, 0) is 38.1 Å². The lowest BCUT2D eigenvalue weighted by atomic mass is 10.1. The van der Waals surface area contributed by atoms with Gasteiger partial charge < -0.3 is 29.3 Å². The zero-order valence-corrected chi connectivity index (χ0v) is 20.7. The minimum atomic E-state index is 0.123. The number of ether oxygens (including phenoxy) is 2. The molecule has 9 nitrogen and oxygen atoms in total. The van der Waals surface area contributed by atoms with Crippen molar-refractivity contribution in [2.75, 3.05) is 74.4 Å². The quantitative estimate of drug-likeness (QED) is 0.574. The van der Waals surface area contributed by atoms with E-state index in [1.165, 1.54) is 0 Å². The van der Waals surface area contributed by atoms with E-state index in [9.17, 15) is 5.11 Å². The molecule has 0 saturated carbocycles. The molecule has 4 heterocycles. The van der Waals surface area contributed by atoms with E-state index in [1.54, 1.807) is 0 Å².